The molecule has 1 N–H and O–H groups in total. The Labute approximate surface area is 439 Å². The Balaban J connectivity index is 0.000000166. The van der Waals surface area contributed by atoms with Crippen LogP contribution in [0.1, 0.15) is 94.6 Å². The number of amides is 1. The van der Waals surface area contributed by atoms with E-state index in [0.717, 1.165) is 86.3 Å². The number of halogens is 6. The van der Waals surface area contributed by atoms with Gasteiger partial charge in [0.25, 0.3) is 0 Å². The van der Waals surface area contributed by atoms with Gasteiger partial charge in [-0.15, -0.1) is 0 Å². The lowest BCUT2D eigenvalue weighted by atomic mass is 10.0. The highest BCUT2D eigenvalue weighted by Crippen LogP contribution is 2.41. The molecule has 4 saturated heterocycles. The van der Waals surface area contributed by atoms with Crippen LogP contribution in [0.5, 0.6) is 0 Å². The normalized spacial score (nSPS) is 20.5. The first kappa shape index (κ1) is 51.4. The fraction of sp³-hybridized carbons (Fsp3) is 0.400. The largest absolute Gasteiger partial charge is 0.444 e. The highest BCUT2D eigenvalue weighted by molar-refractivity contribution is 5.90. The average Bonchev–Trinajstić information content (AvgIpc) is 4.34. The van der Waals surface area contributed by atoms with Crippen molar-refractivity contribution < 1.29 is 35.9 Å². The number of hydrogen-bond donors (Lipinski definition) is 1. The zero-order valence-electron chi connectivity index (χ0n) is 42.6. The maximum Gasteiger partial charge on any atom is 0.410 e. The van der Waals surface area contributed by atoms with Gasteiger partial charge >= 0.3 is 6.09 Å². The Morgan fingerprint density at radius 1 is 0.623 bits per heavy atom. The number of hydrogen-bond acceptors (Lipinski definition) is 13. The number of benzene rings is 2. The van der Waals surface area contributed by atoms with Crippen LogP contribution < -0.4 is 15.1 Å². The van der Waals surface area contributed by atoms with E-state index >= 15 is 0 Å². The number of fused-ring (bicyclic) bond motifs is 2. The van der Waals surface area contributed by atoms with Gasteiger partial charge in [0.1, 0.15) is 87.9 Å². The minimum absolute atomic E-state index is 0.00206. The monoisotopic (exact) mass is 1060 g/mol. The van der Waals surface area contributed by atoms with Crippen molar-refractivity contribution in [2.24, 2.45) is 0 Å². The second-order valence-corrected chi connectivity index (χ2v) is 21.0. The van der Waals surface area contributed by atoms with Crippen molar-refractivity contribution >= 4 is 39.8 Å². The van der Waals surface area contributed by atoms with Crippen LogP contribution in [0.25, 0.3) is 44.6 Å². The van der Waals surface area contributed by atoms with E-state index in [1.54, 1.807) is 51.4 Å². The number of rotatable bonds is 8. The standard InChI is InChI=1S/C30H32F3N7O2.C25H24F3N7/c1-30(2,3)42-29(41)38-10-8-21(9-11-38)40-15-18(14-36-40)27-28-24(34-17-35-27)6-7-26(37-28)39-16-20(32)13-25(39)22-12-19(31)4-5-23(22)33;26-16-1-2-20(28)19(9-16)22-10-17(27)13-34(22)23-4-3-21-25(33-23)24(31-14-30-21)15-11-32-35(12-15)18-5-7-29-8-6-18/h4-7,12,14-15,17,20-21,25H,8-11,13,16H2,1-3H3;1-4,9,11-12,14,17-18,22,29H,5-8,10,13H2/t20-,25+;17-,22+/m00/s1. The number of alkyl halides is 2. The van der Waals surface area contributed by atoms with Crippen molar-refractivity contribution in [3.63, 3.8) is 0 Å². The first-order valence-corrected chi connectivity index (χ1v) is 25.8. The van der Waals surface area contributed by atoms with Crippen LogP contribution >= 0.6 is 0 Å². The fourth-order valence-corrected chi connectivity index (χ4v) is 10.8. The van der Waals surface area contributed by atoms with Crippen molar-refractivity contribution in [3.8, 4) is 22.5 Å². The SMILES string of the molecule is CC(C)(C)OC(=O)N1CCC(n2cc(-c3ncnc4ccc(N5C[C@@H](F)C[C@@H]5c5cc(F)ccc5F)nc34)cn2)CC1.Fc1ccc(F)c([C@H]2C[C@H](F)CN2c2ccc3ncnc(-c4cnn(C5CCNCC5)c4)c3n2)c1. The van der Waals surface area contributed by atoms with Gasteiger partial charge < -0.3 is 24.8 Å². The minimum atomic E-state index is -1.22. The molecule has 1 amide bonds. The van der Waals surface area contributed by atoms with E-state index in [1.165, 1.54) is 12.7 Å². The maximum absolute atomic E-state index is 14.7. The smallest absolute Gasteiger partial charge is 0.410 e. The van der Waals surface area contributed by atoms with Crippen molar-refractivity contribution in [2.75, 3.05) is 49.1 Å². The number of anilines is 2. The first-order chi connectivity index (χ1) is 37.1. The zero-order valence-corrected chi connectivity index (χ0v) is 42.6. The molecule has 4 atom stereocenters. The molecule has 0 radical (unpaired) electrons. The van der Waals surface area contributed by atoms with Gasteiger partial charge in [-0.05, 0) is 120 Å². The Morgan fingerprint density at radius 3 is 1.56 bits per heavy atom. The van der Waals surface area contributed by atoms with Gasteiger partial charge in [0.15, 0.2) is 0 Å². The molecule has 4 aliphatic heterocycles. The second-order valence-electron chi connectivity index (χ2n) is 21.0. The zero-order chi connectivity index (χ0) is 53.5. The Morgan fingerprint density at radius 2 is 1.09 bits per heavy atom. The van der Waals surface area contributed by atoms with Gasteiger partial charge in [-0.1, -0.05) is 0 Å². The predicted molar refractivity (Wildman–Crippen MR) is 276 cm³/mol. The molecule has 2 aromatic carbocycles. The summed E-state index contributed by atoms with van der Waals surface area (Å²) in [7, 11) is 0. The van der Waals surface area contributed by atoms with Crippen LogP contribution in [0, 0.1) is 23.3 Å². The molecular formula is C55H56F6N14O2. The molecule has 4 aliphatic rings. The topological polar surface area (TPSA) is 161 Å². The highest BCUT2D eigenvalue weighted by atomic mass is 19.2. The molecule has 8 aromatic rings. The van der Waals surface area contributed by atoms with E-state index in [-0.39, 0.29) is 49.2 Å². The van der Waals surface area contributed by atoms with E-state index in [4.69, 9.17) is 14.7 Å². The van der Waals surface area contributed by atoms with Gasteiger partial charge in [0.2, 0.25) is 0 Å². The van der Waals surface area contributed by atoms with Gasteiger partial charge in [0.05, 0.1) is 60.7 Å². The fourth-order valence-electron chi connectivity index (χ4n) is 10.8. The molecule has 6 aromatic heterocycles. The molecule has 0 bridgehead atoms. The van der Waals surface area contributed by atoms with Crippen molar-refractivity contribution in [3.05, 3.63) is 133 Å². The Bertz CT molecular complexity index is 3430. The lowest BCUT2D eigenvalue weighted by molar-refractivity contribution is 0.0184. The lowest BCUT2D eigenvalue weighted by Crippen LogP contribution is -2.42. The third-order valence-electron chi connectivity index (χ3n) is 14.6. The van der Waals surface area contributed by atoms with Crippen LogP contribution in [0.15, 0.2) is 98.1 Å². The van der Waals surface area contributed by atoms with Crippen LogP contribution in [0.4, 0.5) is 42.8 Å². The number of likely N-dealkylation sites (tertiary alicyclic amines) is 1. The summed E-state index contributed by atoms with van der Waals surface area (Å²) >= 11 is 0. The highest BCUT2D eigenvalue weighted by Gasteiger charge is 2.38. The third-order valence-corrected chi connectivity index (χ3v) is 14.6. The molecule has 77 heavy (non-hydrogen) atoms. The van der Waals surface area contributed by atoms with Crippen LogP contribution in [0.3, 0.4) is 0 Å². The van der Waals surface area contributed by atoms with Crippen LogP contribution in [0.2, 0.25) is 0 Å². The van der Waals surface area contributed by atoms with Gasteiger partial charge in [-0.3, -0.25) is 9.36 Å². The number of nitrogens with one attached hydrogen (secondary N) is 1. The number of ether oxygens (including phenoxy) is 1. The van der Waals surface area contributed by atoms with Crippen LogP contribution in [-0.4, -0.2) is 118 Å². The van der Waals surface area contributed by atoms with Crippen LogP contribution in [-0.2, 0) is 4.74 Å². The number of aromatic nitrogens is 10. The predicted octanol–water partition coefficient (Wildman–Crippen LogP) is 10.4. The first-order valence-electron chi connectivity index (χ1n) is 25.8. The van der Waals surface area contributed by atoms with Crippen molar-refractivity contribution in [1.29, 1.82) is 0 Å². The van der Waals surface area contributed by atoms with Crippen molar-refractivity contribution in [2.45, 2.75) is 101 Å². The Hall–Kier alpha value is -7.75. The summed E-state index contributed by atoms with van der Waals surface area (Å²) < 4.78 is 95.7. The molecule has 10 heterocycles. The maximum atomic E-state index is 14.7. The van der Waals surface area contributed by atoms with E-state index < -0.39 is 53.3 Å². The summed E-state index contributed by atoms with van der Waals surface area (Å²) in [5.41, 5.74) is 4.69. The molecule has 12 rings (SSSR count). The summed E-state index contributed by atoms with van der Waals surface area (Å²) in [5, 5.41) is 12.5. The van der Waals surface area contributed by atoms with Gasteiger partial charge in [-0.25, -0.2) is 61.0 Å². The molecule has 400 valence electrons. The summed E-state index contributed by atoms with van der Waals surface area (Å²) in [6.45, 7) is 8.63. The number of pyridine rings is 2. The summed E-state index contributed by atoms with van der Waals surface area (Å²) in [4.78, 5) is 44.8. The summed E-state index contributed by atoms with van der Waals surface area (Å²) in [5.74, 6) is -1.40. The number of piperidine rings is 2. The lowest BCUT2D eigenvalue weighted by Gasteiger charge is -2.33. The average molecular weight is 1060 g/mol. The van der Waals surface area contributed by atoms with E-state index in [2.05, 4.69) is 35.5 Å². The second kappa shape index (κ2) is 21.3. The number of nitrogens with zero attached hydrogens (tertiary/aromatic N) is 13. The summed E-state index contributed by atoms with van der Waals surface area (Å²) in [6.07, 6.45) is 11.1. The van der Waals surface area contributed by atoms with E-state index in [1.807, 2.05) is 42.5 Å². The quantitative estimate of drug-likeness (QED) is 0.143. The number of carbonyl (C=O) groups excluding carboxylic acids is 1. The molecular weight excluding hydrogens is 1000 g/mol. The summed E-state index contributed by atoms with van der Waals surface area (Å²) in [6, 6.07) is 12.6. The molecule has 0 aliphatic carbocycles. The molecule has 22 heteroatoms. The van der Waals surface area contributed by atoms with E-state index in [0.29, 0.717) is 64.2 Å². The number of carbonyl (C=O) groups is 1. The van der Waals surface area contributed by atoms with Gasteiger partial charge in [0, 0.05) is 60.6 Å². The molecule has 0 unspecified atom stereocenters. The molecule has 0 saturated carbocycles. The molecule has 16 nitrogen and oxygen atoms in total. The molecule has 4 fully saturated rings. The third kappa shape index (κ3) is 11.0. The van der Waals surface area contributed by atoms with Gasteiger partial charge in [-0.2, -0.15) is 10.2 Å². The van der Waals surface area contributed by atoms with E-state index in [9.17, 15) is 31.1 Å². The Kier molecular flexibility index (Phi) is 14.2. The van der Waals surface area contributed by atoms with Crippen molar-refractivity contribution in [1.82, 2.24) is 59.7 Å². The molecule has 0 spiro atoms. The minimum Gasteiger partial charge on any atom is -0.444 e.